The Morgan fingerprint density at radius 2 is 2.00 bits per heavy atom. The standard InChI is InChI=1S/C20H16INO5S2/c1-3-26-15-9-11(10-16-18(23)22-20(28)29-16)8-14(21)17(15)27-19(24)12-4-6-13(25-2)7-5-12/h4-10H,3H2,1-2H3,(H,22,23,28)/b16-10-. The van der Waals surface area contributed by atoms with Crippen LogP contribution in [0, 0.1) is 3.57 Å². The number of rotatable bonds is 6. The normalized spacial score (nSPS) is 14.7. The third kappa shape index (κ3) is 5.28. The number of hydrogen-bond donors (Lipinski definition) is 1. The van der Waals surface area contributed by atoms with Gasteiger partial charge in [0.05, 0.1) is 27.8 Å². The minimum absolute atomic E-state index is 0.233. The molecule has 29 heavy (non-hydrogen) atoms. The molecule has 0 unspecified atom stereocenters. The highest BCUT2D eigenvalue weighted by Gasteiger charge is 2.23. The molecule has 0 spiro atoms. The van der Waals surface area contributed by atoms with Crippen molar-refractivity contribution < 1.29 is 23.8 Å². The zero-order chi connectivity index (χ0) is 21.0. The van der Waals surface area contributed by atoms with Gasteiger partial charge in [-0.15, -0.1) is 0 Å². The first kappa shape index (κ1) is 21.6. The van der Waals surface area contributed by atoms with Crippen LogP contribution in [0.3, 0.4) is 0 Å². The number of hydrogen-bond acceptors (Lipinski definition) is 7. The molecule has 1 N–H and O–H groups in total. The smallest absolute Gasteiger partial charge is 0.343 e. The Morgan fingerprint density at radius 3 is 2.59 bits per heavy atom. The van der Waals surface area contributed by atoms with Gasteiger partial charge in [0.25, 0.3) is 5.91 Å². The van der Waals surface area contributed by atoms with Gasteiger partial charge in [-0.25, -0.2) is 4.79 Å². The van der Waals surface area contributed by atoms with Gasteiger partial charge in [-0.05, 0) is 77.6 Å². The molecule has 0 atom stereocenters. The van der Waals surface area contributed by atoms with Crippen LogP contribution in [0.4, 0.5) is 0 Å². The van der Waals surface area contributed by atoms with Crippen LogP contribution in [0.25, 0.3) is 6.08 Å². The lowest BCUT2D eigenvalue weighted by molar-refractivity contribution is -0.115. The zero-order valence-corrected chi connectivity index (χ0v) is 19.3. The van der Waals surface area contributed by atoms with Crippen LogP contribution in [0.15, 0.2) is 41.3 Å². The number of methoxy groups -OCH3 is 1. The second kappa shape index (κ2) is 9.59. The van der Waals surface area contributed by atoms with Crippen LogP contribution in [0.2, 0.25) is 0 Å². The molecule has 0 radical (unpaired) electrons. The molecule has 1 fully saturated rings. The fourth-order valence-corrected chi connectivity index (χ4v) is 4.26. The molecule has 3 rings (SSSR count). The van der Waals surface area contributed by atoms with E-state index in [1.165, 1.54) is 11.8 Å². The molecule has 0 aliphatic carbocycles. The Hall–Kier alpha value is -2.11. The fourth-order valence-electron chi connectivity index (χ4n) is 2.48. The summed E-state index contributed by atoms with van der Waals surface area (Å²) in [5.41, 5.74) is 1.13. The van der Waals surface area contributed by atoms with Crippen LogP contribution in [0.1, 0.15) is 22.8 Å². The highest BCUT2D eigenvalue weighted by molar-refractivity contribution is 14.1. The van der Waals surface area contributed by atoms with Gasteiger partial charge in [-0.3, -0.25) is 4.79 Å². The molecule has 1 amide bonds. The predicted octanol–water partition coefficient (Wildman–Crippen LogP) is 4.41. The summed E-state index contributed by atoms with van der Waals surface area (Å²) in [7, 11) is 1.56. The molecule has 1 aliphatic rings. The molecule has 6 nitrogen and oxygen atoms in total. The van der Waals surface area contributed by atoms with Crippen molar-refractivity contribution in [2.45, 2.75) is 6.92 Å². The van der Waals surface area contributed by atoms with Gasteiger partial charge in [0.15, 0.2) is 11.5 Å². The minimum Gasteiger partial charge on any atom is -0.497 e. The van der Waals surface area contributed by atoms with Crippen LogP contribution in [-0.2, 0) is 4.79 Å². The first-order valence-electron chi connectivity index (χ1n) is 8.48. The lowest BCUT2D eigenvalue weighted by atomic mass is 10.1. The van der Waals surface area contributed by atoms with E-state index in [-0.39, 0.29) is 5.91 Å². The van der Waals surface area contributed by atoms with Crippen molar-refractivity contribution in [3.05, 3.63) is 56.0 Å². The van der Waals surface area contributed by atoms with E-state index in [0.29, 0.717) is 42.2 Å². The summed E-state index contributed by atoms with van der Waals surface area (Å²) in [4.78, 5) is 25.0. The maximum absolute atomic E-state index is 12.6. The second-order valence-corrected chi connectivity index (χ2v) is 8.61. The number of nitrogens with one attached hydrogen (secondary N) is 1. The number of carbonyl (C=O) groups excluding carboxylic acids is 2. The third-order valence-electron chi connectivity index (χ3n) is 3.79. The second-order valence-electron chi connectivity index (χ2n) is 5.73. The molecule has 2 aromatic carbocycles. The predicted molar refractivity (Wildman–Crippen MR) is 125 cm³/mol. The van der Waals surface area contributed by atoms with Crippen molar-refractivity contribution in [3.63, 3.8) is 0 Å². The van der Waals surface area contributed by atoms with Crippen molar-refractivity contribution in [3.8, 4) is 17.2 Å². The Labute approximate surface area is 191 Å². The number of halogens is 1. The van der Waals surface area contributed by atoms with E-state index in [9.17, 15) is 9.59 Å². The monoisotopic (exact) mass is 541 g/mol. The van der Waals surface area contributed by atoms with E-state index in [1.807, 2.05) is 13.0 Å². The molecule has 0 bridgehead atoms. The van der Waals surface area contributed by atoms with Crippen LogP contribution in [0.5, 0.6) is 17.2 Å². The Morgan fingerprint density at radius 1 is 1.28 bits per heavy atom. The number of ether oxygens (including phenoxy) is 3. The maximum atomic E-state index is 12.6. The highest BCUT2D eigenvalue weighted by atomic mass is 127. The Bertz CT molecular complexity index is 1000. The molecule has 150 valence electrons. The maximum Gasteiger partial charge on any atom is 0.343 e. The van der Waals surface area contributed by atoms with Gasteiger partial charge < -0.3 is 19.5 Å². The van der Waals surface area contributed by atoms with Gasteiger partial charge in [-0.1, -0.05) is 24.0 Å². The number of benzene rings is 2. The van der Waals surface area contributed by atoms with Gasteiger partial charge >= 0.3 is 5.97 Å². The summed E-state index contributed by atoms with van der Waals surface area (Å²) in [5.74, 6) is 0.655. The summed E-state index contributed by atoms with van der Waals surface area (Å²) in [6.07, 6.45) is 1.72. The van der Waals surface area contributed by atoms with E-state index in [1.54, 1.807) is 43.5 Å². The largest absolute Gasteiger partial charge is 0.497 e. The van der Waals surface area contributed by atoms with E-state index in [0.717, 1.165) is 5.56 Å². The van der Waals surface area contributed by atoms with Crippen molar-refractivity contribution >= 4 is 68.8 Å². The fraction of sp³-hybridized carbons (Fsp3) is 0.150. The topological polar surface area (TPSA) is 73.9 Å². The Balaban J connectivity index is 1.90. The zero-order valence-electron chi connectivity index (χ0n) is 15.5. The van der Waals surface area contributed by atoms with Crippen molar-refractivity contribution in [2.75, 3.05) is 13.7 Å². The molecule has 1 saturated heterocycles. The molecular formula is C20H16INO5S2. The highest BCUT2D eigenvalue weighted by Crippen LogP contribution is 2.36. The van der Waals surface area contributed by atoms with E-state index in [4.69, 9.17) is 26.4 Å². The molecule has 0 aromatic heterocycles. The van der Waals surface area contributed by atoms with Crippen molar-refractivity contribution in [2.24, 2.45) is 0 Å². The van der Waals surface area contributed by atoms with E-state index < -0.39 is 5.97 Å². The van der Waals surface area contributed by atoms with E-state index >= 15 is 0 Å². The number of thiocarbonyl (C=S) groups is 1. The average Bonchev–Trinajstić information content (AvgIpc) is 3.01. The summed E-state index contributed by atoms with van der Waals surface area (Å²) in [6, 6.07) is 10.2. The van der Waals surface area contributed by atoms with Gasteiger partial charge in [0.1, 0.15) is 10.1 Å². The van der Waals surface area contributed by atoms with Crippen LogP contribution >= 0.6 is 46.6 Å². The molecule has 9 heteroatoms. The quantitative estimate of drug-likeness (QED) is 0.191. The minimum atomic E-state index is -0.506. The van der Waals surface area contributed by atoms with Crippen molar-refractivity contribution in [1.29, 1.82) is 0 Å². The molecule has 1 aliphatic heterocycles. The van der Waals surface area contributed by atoms with Gasteiger partial charge in [-0.2, -0.15) is 0 Å². The summed E-state index contributed by atoms with van der Waals surface area (Å²) < 4.78 is 17.5. The molecule has 2 aromatic rings. The lowest BCUT2D eigenvalue weighted by Crippen LogP contribution is -2.17. The summed E-state index contributed by atoms with van der Waals surface area (Å²) in [6.45, 7) is 2.23. The van der Waals surface area contributed by atoms with Crippen LogP contribution in [-0.4, -0.2) is 29.9 Å². The average molecular weight is 541 g/mol. The third-order valence-corrected chi connectivity index (χ3v) is 5.76. The number of esters is 1. The van der Waals surface area contributed by atoms with Gasteiger partial charge in [0.2, 0.25) is 0 Å². The number of thioether (sulfide) groups is 1. The number of amides is 1. The van der Waals surface area contributed by atoms with E-state index in [2.05, 4.69) is 27.9 Å². The molecule has 0 saturated carbocycles. The molecular weight excluding hydrogens is 525 g/mol. The van der Waals surface area contributed by atoms with Crippen LogP contribution < -0.4 is 19.5 Å². The lowest BCUT2D eigenvalue weighted by Gasteiger charge is -2.14. The first-order chi connectivity index (χ1) is 13.9. The van der Waals surface area contributed by atoms with Gasteiger partial charge in [0, 0.05) is 0 Å². The summed E-state index contributed by atoms with van der Waals surface area (Å²) in [5, 5.41) is 2.58. The number of carbonyl (C=O) groups is 2. The Kier molecular flexibility index (Phi) is 7.14. The molecule has 1 heterocycles. The first-order valence-corrected chi connectivity index (χ1v) is 10.8. The van der Waals surface area contributed by atoms with Crippen molar-refractivity contribution in [1.82, 2.24) is 5.32 Å². The SMILES string of the molecule is CCOc1cc(/C=C2\SC(=S)NC2=O)cc(I)c1OC(=O)c1ccc(OC)cc1. The summed E-state index contributed by atoms with van der Waals surface area (Å²) >= 11 is 8.28.